The fourth-order valence-electron chi connectivity index (χ4n) is 3.05. The van der Waals surface area contributed by atoms with Gasteiger partial charge in [-0.2, -0.15) is 0 Å². The Morgan fingerprint density at radius 3 is 2.95 bits per heavy atom. The molecule has 1 fully saturated rings. The van der Waals surface area contributed by atoms with E-state index in [9.17, 15) is 4.39 Å². The molecule has 3 nitrogen and oxygen atoms in total. The second kappa shape index (κ2) is 7.76. The van der Waals surface area contributed by atoms with Gasteiger partial charge in [0.15, 0.2) is 0 Å². The van der Waals surface area contributed by atoms with Crippen LogP contribution in [0.1, 0.15) is 32.3 Å². The summed E-state index contributed by atoms with van der Waals surface area (Å²) in [6, 6.07) is 5.87. The zero-order chi connectivity index (χ0) is 15.2. The zero-order valence-corrected chi connectivity index (χ0v) is 13.4. The molecule has 2 atom stereocenters. The number of ether oxygens (including phenoxy) is 1. The molecule has 2 unspecified atom stereocenters. The number of hydrogen-bond acceptors (Lipinski definition) is 3. The lowest BCUT2D eigenvalue weighted by Crippen LogP contribution is -2.43. The number of methoxy groups -OCH3 is 1. The molecule has 0 aliphatic carbocycles. The summed E-state index contributed by atoms with van der Waals surface area (Å²) >= 11 is 0. The fraction of sp³-hybridized carbons (Fsp3) is 0.647. The van der Waals surface area contributed by atoms with Crippen molar-refractivity contribution in [2.75, 3.05) is 31.7 Å². The molecular weight excluding hydrogens is 267 g/mol. The van der Waals surface area contributed by atoms with E-state index in [2.05, 4.69) is 24.1 Å². The largest absolute Gasteiger partial charge is 0.383 e. The van der Waals surface area contributed by atoms with Gasteiger partial charge >= 0.3 is 0 Å². The number of anilines is 1. The lowest BCUT2D eigenvalue weighted by atomic mass is 9.91. The van der Waals surface area contributed by atoms with Gasteiger partial charge in [-0.25, -0.2) is 4.39 Å². The Kier molecular flexibility index (Phi) is 6.00. The van der Waals surface area contributed by atoms with Crippen molar-refractivity contribution in [3.8, 4) is 0 Å². The van der Waals surface area contributed by atoms with Gasteiger partial charge in [-0.3, -0.25) is 0 Å². The predicted octanol–water partition coefficient (Wildman–Crippen LogP) is 3.19. The van der Waals surface area contributed by atoms with Gasteiger partial charge in [0.1, 0.15) is 5.82 Å². The minimum atomic E-state index is -0.122. The van der Waals surface area contributed by atoms with E-state index in [0.717, 1.165) is 24.3 Å². The normalized spacial score (nSPS) is 22.6. The van der Waals surface area contributed by atoms with Crippen molar-refractivity contribution < 1.29 is 9.13 Å². The SMILES string of the molecule is COCCNCc1c(F)cccc1N1CCCC(C)C1C. The highest BCUT2D eigenvalue weighted by molar-refractivity contribution is 5.55. The quantitative estimate of drug-likeness (QED) is 0.816. The zero-order valence-electron chi connectivity index (χ0n) is 13.4. The second-order valence-electron chi connectivity index (χ2n) is 5.96. The maximum Gasteiger partial charge on any atom is 0.129 e. The van der Waals surface area contributed by atoms with Crippen LogP contribution in [-0.4, -0.2) is 32.8 Å². The third-order valence-electron chi connectivity index (χ3n) is 4.56. The number of benzene rings is 1. The molecule has 1 heterocycles. The molecule has 0 amide bonds. The Balaban J connectivity index is 2.16. The van der Waals surface area contributed by atoms with Crippen molar-refractivity contribution in [3.63, 3.8) is 0 Å². The van der Waals surface area contributed by atoms with Crippen LogP contribution in [0.15, 0.2) is 18.2 Å². The lowest BCUT2D eigenvalue weighted by molar-refractivity contribution is 0.199. The summed E-state index contributed by atoms with van der Waals surface area (Å²) in [5.41, 5.74) is 1.81. The van der Waals surface area contributed by atoms with Gasteiger partial charge in [0.25, 0.3) is 0 Å². The number of piperidine rings is 1. The molecule has 21 heavy (non-hydrogen) atoms. The summed E-state index contributed by atoms with van der Waals surface area (Å²) in [7, 11) is 1.67. The maximum atomic E-state index is 14.2. The Hall–Kier alpha value is -1.13. The minimum Gasteiger partial charge on any atom is -0.383 e. The van der Waals surface area contributed by atoms with Gasteiger partial charge in [-0.05, 0) is 37.8 Å². The van der Waals surface area contributed by atoms with Gasteiger partial charge in [0.05, 0.1) is 6.61 Å². The molecule has 1 aromatic carbocycles. The van der Waals surface area contributed by atoms with Crippen LogP contribution in [0.4, 0.5) is 10.1 Å². The summed E-state index contributed by atoms with van der Waals surface area (Å²) in [6.07, 6.45) is 2.44. The molecule has 1 aliphatic rings. The van der Waals surface area contributed by atoms with Crippen molar-refractivity contribution in [3.05, 3.63) is 29.6 Å². The number of nitrogens with zero attached hydrogens (tertiary/aromatic N) is 1. The molecule has 1 saturated heterocycles. The highest BCUT2D eigenvalue weighted by Crippen LogP contribution is 2.31. The molecule has 0 spiro atoms. The van der Waals surface area contributed by atoms with Gasteiger partial charge in [-0.1, -0.05) is 13.0 Å². The molecule has 0 saturated carbocycles. The topological polar surface area (TPSA) is 24.5 Å². The first kappa shape index (κ1) is 16.2. The van der Waals surface area contributed by atoms with Crippen LogP contribution in [0.5, 0.6) is 0 Å². The molecule has 1 aromatic rings. The van der Waals surface area contributed by atoms with Gasteiger partial charge in [0.2, 0.25) is 0 Å². The first-order valence-electron chi connectivity index (χ1n) is 7.88. The van der Waals surface area contributed by atoms with Crippen LogP contribution in [0.25, 0.3) is 0 Å². The highest BCUT2D eigenvalue weighted by Gasteiger charge is 2.26. The first-order valence-corrected chi connectivity index (χ1v) is 7.88. The fourth-order valence-corrected chi connectivity index (χ4v) is 3.05. The molecule has 2 rings (SSSR count). The van der Waals surface area contributed by atoms with Crippen LogP contribution in [-0.2, 0) is 11.3 Å². The highest BCUT2D eigenvalue weighted by atomic mass is 19.1. The smallest absolute Gasteiger partial charge is 0.129 e. The summed E-state index contributed by atoms with van der Waals surface area (Å²) in [6.45, 7) is 7.46. The van der Waals surface area contributed by atoms with Gasteiger partial charge in [-0.15, -0.1) is 0 Å². The molecule has 0 bridgehead atoms. The Morgan fingerprint density at radius 2 is 2.19 bits per heavy atom. The summed E-state index contributed by atoms with van der Waals surface area (Å²) in [5, 5.41) is 3.26. The first-order chi connectivity index (χ1) is 10.1. The van der Waals surface area contributed by atoms with Crippen molar-refractivity contribution in [2.24, 2.45) is 5.92 Å². The average Bonchev–Trinajstić information content (AvgIpc) is 2.48. The number of hydrogen-bond donors (Lipinski definition) is 1. The monoisotopic (exact) mass is 294 g/mol. The van der Waals surface area contributed by atoms with Crippen molar-refractivity contribution in [1.82, 2.24) is 5.32 Å². The van der Waals surface area contributed by atoms with Crippen LogP contribution in [0.2, 0.25) is 0 Å². The van der Waals surface area contributed by atoms with E-state index < -0.39 is 0 Å². The van der Waals surface area contributed by atoms with E-state index in [-0.39, 0.29) is 5.82 Å². The Morgan fingerprint density at radius 1 is 1.38 bits per heavy atom. The molecule has 4 heteroatoms. The van der Waals surface area contributed by atoms with E-state index in [4.69, 9.17) is 4.74 Å². The number of rotatable bonds is 6. The van der Waals surface area contributed by atoms with Crippen molar-refractivity contribution >= 4 is 5.69 Å². The van der Waals surface area contributed by atoms with Crippen LogP contribution >= 0.6 is 0 Å². The van der Waals surface area contributed by atoms with Gasteiger partial charge in [0, 0.05) is 44.0 Å². The van der Waals surface area contributed by atoms with Gasteiger partial charge < -0.3 is 15.0 Å². The van der Waals surface area contributed by atoms with E-state index in [1.807, 2.05) is 12.1 Å². The average molecular weight is 294 g/mol. The molecule has 1 N–H and O–H groups in total. The van der Waals surface area contributed by atoms with E-state index in [0.29, 0.717) is 25.1 Å². The van der Waals surface area contributed by atoms with Crippen LogP contribution < -0.4 is 10.2 Å². The van der Waals surface area contributed by atoms with Crippen LogP contribution in [0.3, 0.4) is 0 Å². The Bertz CT molecular complexity index is 452. The minimum absolute atomic E-state index is 0.122. The lowest BCUT2D eigenvalue weighted by Gasteiger charge is -2.40. The van der Waals surface area contributed by atoms with E-state index in [1.165, 1.54) is 12.8 Å². The molecule has 0 radical (unpaired) electrons. The molecule has 118 valence electrons. The molecule has 1 aliphatic heterocycles. The van der Waals surface area contributed by atoms with Crippen molar-refractivity contribution in [1.29, 1.82) is 0 Å². The number of nitrogens with one attached hydrogen (secondary N) is 1. The number of halogens is 1. The molecular formula is C17H27FN2O. The maximum absolute atomic E-state index is 14.2. The third kappa shape index (κ3) is 3.95. The summed E-state index contributed by atoms with van der Waals surface area (Å²) < 4.78 is 19.3. The Labute approximate surface area is 127 Å². The van der Waals surface area contributed by atoms with E-state index >= 15 is 0 Å². The summed E-state index contributed by atoms with van der Waals surface area (Å²) in [4.78, 5) is 2.37. The van der Waals surface area contributed by atoms with E-state index in [1.54, 1.807) is 13.2 Å². The van der Waals surface area contributed by atoms with Crippen LogP contribution in [0, 0.1) is 11.7 Å². The van der Waals surface area contributed by atoms with Crippen molar-refractivity contribution in [2.45, 2.75) is 39.3 Å². The predicted molar refractivity (Wildman–Crippen MR) is 85.2 cm³/mol. The standard InChI is InChI=1S/C17H27FN2O/c1-13-6-5-10-20(14(13)2)17-8-4-7-16(18)15(17)12-19-9-11-21-3/h4,7-8,13-14,19H,5-6,9-12H2,1-3H3. The second-order valence-corrected chi connectivity index (χ2v) is 5.96. The third-order valence-corrected chi connectivity index (χ3v) is 4.56. The molecule has 0 aromatic heterocycles. The summed E-state index contributed by atoms with van der Waals surface area (Å²) in [5.74, 6) is 0.527.